The fraction of sp³-hybridized carbons (Fsp3) is 0.412. The first-order valence-corrected chi connectivity index (χ1v) is 8.62. The zero-order valence-corrected chi connectivity index (χ0v) is 14.1. The van der Waals surface area contributed by atoms with Gasteiger partial charge in [-0.2, -0.15) is 0 Å². The topological polar surface area (TPSA) is 15.3 Å². The van der Waals surface area contributed by atoms with E-state index >= 15 is 0 Å². The Morgan fingerprint density at radius 1 is 1.14 bits per heavy atom. The number of piperazine rings is 1. The van der Waals surface area contributed by atoms with Crippen molar-refractivity contribution >= 4 is 22.9 Å². The summed E-state index contributed by atoms with van der Waals surface area (Å²) in [6.45, 7) is 8.63. The van der Waals surface area contributed by atoms with Crippen LogP contribution in [0.5, 0.6) is 0 Å². The smallest absolute Gasteiger partial charge is 0.0931 e. The lowest BCUT2D eigenvalue weighted by atomic mass is 9.96. The Hall–Kier alpha value is -0.870. The van der Waals surface area contributed by atoms with Crippen molar-refractivity contribution in [1.82, 2.24) is 10.2 Å². The van der Waals surface area contributed by atoms with E-state index in [0.717, 1.165) is 30.5 Å². The van der Waals surface area contributed by atoms with E-state index in [1.165, 1.54) is 21.6 Å². The van der Waals surface area contributed by atoms with Crippen molar-refractivity contribution in [3.8, 4) is 0 Å². The van der Waals surface area contributed by atoms with Crippen molar-refractivity contribution in [2.75, 3.05) is 26.2 Å². The lowest BCUT2D eigenvalue weighted by molar-refractivity contribution is 0.200. The number of benzene rings is 1. The van der Waals surface area contributed by atoms with Gasteiger partial charge in [-0.15, -0.1) is 11.3 Å². The van der Waals surface area contributed by atoms with Gasteiger partial charge in [-0.25, -0.2) is 0 Å². The van der Waals surface area contributed by atoms with Gasteiger partial charge in [0, 0.05) is 31.1 Å². The van der Waals surface area contributed by atoms with Crippen molar-refractivity contribution in [2.45, 2.75) is 19.9 Å². The minimum atomic E-state index is 0.324. The maximum absolute atomic E-state index is 6.18. The molecule has 1 aromatic heterocycles. The number of hydrogen-bond acceptors (Lipinski definition) is 3. The number of aryl methyl sites for hydroxylation is 2. The van der Waals surface area contributed by atoms with Crippen LogP contribution in [0.15, 0.2) is 30.3 Å². The van der Waals surface area contributed by atoms with Gasteiger partial charge in [0.1, 0.15) is 0 Å². The molecule has 3 rings (SSSR count). The fourth-order valence-corrected chi connectivity index (χ4v) is 4.29. The molecule has 1 aromatic carbocycles. The van der Waals surface area contributed by atoms with E-state index in [4.69, 9.17) is 11.6 Å². The predicted molar refractivity (Wildman–Crippen MR) is 91.5 cm³/mol. The molecule has 1 saturated heterocycles. The highest BCUT2D eigenvalue weighted by Crippen LogP contribution is 2.36. The summed E-state index contributed by atoms with van der Waals surface area (Å²) >= 11 is 7.88. The SMILES string of the molecule is Cc1ccc(C(c2ccc(Cl)s2)N2CCNCC2)c(C)c1. The van der Waals surface area contributed by atoms with Crippen LogP contribution in [0.1, 0.15) is 27.6 Å². The molecule has 21 heavy (non-hydrogen) atoms. The molecule has 1 fully saturated rings. The molecule has 2 aromatic rings. The highest BCUT2D eigenvalue weighted by molar-refractivity contribution is 7.16. The Morgan fingerprint density at radius 3 is 2.52 bits per heavy atom. The molecular weight excluding hydrogens is 300 g/mol. The third kappa shape index (κ3) is 3.32. The summed E-state index contributed by atoms with van der Waals surface area (Å²) < 4.78 is 0.870. The number of nitrogens with zero attached hydrogens (tertiary/aromatic N) is 1. The minimum Gasteiger partial charge on any atom is -0.314 e. The second-order valence-electron chi connectivity index (χ2n) is 5.69. The van der Waals surface area contributed by atoms with Gasteiger partial charge < -0.3 is 5.32 Å². The van der Waals surface area contributed by atoms with E-state index < -0.39 is 0 Å². The largest absolute Gasteiger partial charge is 0.314 e. The fourth-order valence-electron chi connectivity index (χ4n) is 3.08. The second-order valence-corrected chi connectivity index (χ2v) is 7.44. The summed E-state index contributed by atoms with van der Waals surface area (Å²) in [4.78, 5) is 3.91. The molecule has 0 spiro atoms. The molecule has 1 unspecified atom stereocenters. The van der Waals surface area contributed by atoms with Gasteiger partial charge in [0.2, 0.25) is 0 Å². The van der Waals surface area contributed by atoms with Gasteiger partial charge in [0.25, 0.3) is 0 Å². The molecule has 0 radical (unpaired) electrons. The Balaban J connectivity index is 2.02. The number of nitrogens with one attached hydrogen (secondary N) is 1. The van der Waals surface area contributed by atoms with Crippen molar-refractivity contribution in [3.05, 3.63) is 56.2 Å². The summed E-state index contributed by atoms with van der Waals surface area (Å²) in [5.41, 5.74) is 4.09. The van der Waals surface area contributed by atoms with E-state index in [-0.39, 0.29) is 0 Å². The molecule has 0 bridgehead atoms. The van der Waals surface area contributed by atoms with E-state index in [1.807, 2.05) is 6.07 Å². The molecule has 0 saturated carbocycles. The monoisotopic (exact) mass is 320 g/mol. The first-order chi connectivity index (χ1) is 10.1. The van der Waals surface area contributed by atoms with Crippen LogP contribution < -0.4 is 5.32 Å². The molecular formula is C17H21ClN2S. The van der Waals surface area contributed by atoms with Gasteiger partial charge >= 0.3 is 0 Å². The number of hydrogen-bond donors (Lipinski definition) is 1. The Kier molecular flexibility index (Phi) is 4.65. The zero-order valence-electron chi connectivity index (χ0n) is 12.5. The Morgan fingerprint density at radius 2 is 1.90 bits per heavy atom. The average Bonchev–Trinajstić information content (AvgIpc) is 2.89. The summed E-state index contributed by atoms with van der Waals surface area (Å²) in [6, 6.07) is 11.3. The first kappa shape index (κ1) is 15.0. The van der Waals surface area contributed by atoms with Crippen molar-refractivity contribution in [2.24, 2.45) is 0 Å². The lowest BCUT2D eigenvalue weighted by Gasteiger charge is -2.35. The summed E-state index contributed by atoms with van der Waals surface area (Å²) in [5.74, 6) is 0. The summed E-state index contributed by atoms with van der Waals surface area (Å²) in [6.07, 6.45) is 0. The number of halogens is 1. The van der Waals surface area contributed by atoms with Crippen LogP contribution in [0.25, 0.3) is 0 Å². The molecule has 112 valence electrons. The van der Waals surface area contributed by atoms with Crippen LogP contribution >= 0.6 is 22.9 Å². The summed E-state index contributed by atoms with van der Waals surface area (Å²) in [5, 5.41) is 3.44. The molecule has 1 N–H and O–H groups in total. The molecule has 2 heterocycles. The highest BCUT2D eigenvalue weighted by atomic mass is 35.5. The van der Waals surface area contributed by atoms with Crippen LogP contribution in [-0.2, 0) is 0 Å². The Bertz CT molecular complexity index is 617. The van der Waals surface area contributed by atoms with E-state index in [9.17, 15) is 0 Å². The third-order valence-electron chi connectivity index (χ3n) is 4.10. The van der Waals surface area contributed by atoms with Crippen LogP contribution in [0, 0.1) is 13.8 Å². The number of thiophene rings is 1. The van der Waals surface area contributed by atoms with Crippen LogP contribution in [0.4, 0.5) is 0 Å². The van der Waals surface area contributed by atoms with Crippen molar-refractivity contribution in [3.63, 3.8) is 0 Å². The maximum Gasteiger partial charge on any atom is 0.0931 e. The normalized spacial score (nSPS) is 17.9. The lowest BCUT2D eigenvalue weighted by Crippen LogP contribution is -2.45. The van der Waals surface area contributed by atoms with Crippen LogP contribution in [-0.4, -0.2) is 31.1 Å². The molecule has 0 aliphatic carbocycles. The molecule has 1 aliphatic heterocycles. The summed E-state index contributed by atoms with van der Waals surface area (Å²) in [7, 11) is 0. The molecule has 2 nitrogen and oxygen atoms in total. The van der Waals surface area contributed by atoms with Gasteiger partial charge in [0.15, 0.2) is 0 Å². The van der Waals surface area contributed by atoms with Gasteiger partial charge in [-0.05, 0) is 37.1 Å². The molecule has 1 aliphatic rings. The Labute approximate surface area is 135 Å². The highest BCUT2D eigenvalue weighted by Gasteiger charge is 2.26. The van der Waals surface area contributed by atoms with Crippen LogP contribution in [0.3, 0.4) is 0 Å². The zero-order chi connectivity index (χ0) is 14.8. The van der Waals surface area contributed by atoms with E-state index in [0.29, 0.717) is 6.04 Å². The van der Waals surface area contributed by atoms with Crippen molar-refractivity contribution in [1.29, 1.82) is 0 Å². The third-order valence-corrected chi connectivity index (χ3v) is 5.38. The predicted octanol–water partition coefficient (Wildman–Crippen LogP) is 4.01. The standard InChI is InChI=1S/C17H21ClN2S/c1-12-3-4-14(13(2)11-12)17(15-5-6-16(18)21-15)20-9-7-19-8-10-20/h3-6,11,17,19H,7-10H2,1-2H3. The number of rotatable bonds is 3. The average molecular weight is 321 g/mol. The van der Waals surface area contributed by atoms with E-state index in [1.54, 1.807) is 11.3 Å². The van der Waals surface area contributed by atoms with Gasteiger partial charge in [-0.1, -0.05) is 35.4 Å². The van der Waals surface area contributed by atoms with Gasteiger partial charge in [0.05, 0.1) is 10.4 Å². The van der Waals surface area contributed by atoms with Crippen LogP contribution in [0.2, 0.25) is 4.34 Å². The van der Waals surface area contributed by atoms with E-state index in [2.05, 4.69) is 48.3 Å². The first-order valence-electron chi connectivity index (χ1n) is 7.42. The second kappa shape index (κ2) is 6.49. The quantitative estimate of drug-likeness (QED) is 0.919. The molecule has 0 amide bonds. The molecule has 1 atom stereocenters. The van der Waals surface area contributed by atoms with Crippen molar-refractivity contribution < 1.29 is 0 Å². The maximum atomic E-state index is 6.18. The molecule has 4 heteroatoms. The minimum absolute atomic E-state index is 0.324. The van der Waals surface area contributed by atoms with Gasteiger partial charge in [-0.3, -0.25) is 4.90 Å².